The van der Waals surface area contributed by atoms with Crippen molar-refractivity contribution in [3.63, 3.8) is 0 Å². The van der Waals surface area contributed by atoms with Gasteiger partial charge >= 0.3 is 5.69 Å². The largest absolute Gasteiger partial charge is 0.327 e. The van der Waals surface area contributed by atoms with Crippen LogP contribution >= 0.6 is 0 Å². The summed E-state index contributed by atoms with van der Waals surface area (Å²) in [6, 6.07) is 0. The Morgan fingerprint density at radius 1 is 1.05 bits per heavy atom. The normalized spacial score (nSPS) is 11.4. The van der Waals surface area contributed by atoms with E-state index in [0.717, 1.165) is 0 Å². The Kier molecular flexibility index (Phi) is 2.03. The third-order valence-corrected chi connectivity index (χ3v) is 2.98. The summed E-state index contributed by atoms with van der Waals surface area (Å²) < 4.78 is 1.32. The molecule has 0 saturated heterocycles. The average Bonchev–Trinajstić information content (AvgIpc) is 3.03. The zero-order valence-corrected chi connectivity index (χ0v) is 10.2. The van der Waals surface area contributed by atoms with E-state index in [-0.39, 0.29) is 27.8 Å². The number of H-pyrrole nitrogens is 3. The molecule has 0 aliphatic carbocycles. The van der Waals surface area contributed by atoms with E-state index >= 15 is 0 Å². The minimum Gasteiger partial charge on any atom is -0.312 e. The molecule has 4 aromatic rings. The highest BCUT2D eigenvalue weighted by molar-refractivity contribution is 5.74. The maximum Gasteiger partial charge on any atom is 0.327 e. The molecule has 0 amide bonds. The molecule has 4 heterocycles. The van der Waals surface area contributed by atoms with E-state index in [0.29, 0.717) is 0 Å². The van der Waals surface area contributed by atoms with Crippen LogP contribution in [0.2, 0.25) is 0 Å². The van der Waals surface area contributed by atoms with Gasteiger partial charge in [-0.25, -0.2) is 19.4 Å². The Labute approximate surface area is 112 Å². The summed E-state index contributed by atoms with van der Waals surface area (Å²) in [6.45, 7) is 0. The Bertz CT molecular complexity index is 1160. The number of nitrogens with one attached hydrogen (secondary N) is 3. The lowest BCUT2D eigenvalue weighted by Crippen LogP contribution is -2.23. The van der Waals surface area contributed by atoms with Gasteiger partial charge in [-0.05, 0) is 0 Å². The maximum atomic E-state index is 11.6. The number of fused-ring (bicyclic) bond motifs is 2. The highest BCUT2D eigenvalue weighted by atomic mass is 16.2. The first kappa shape index (κ1) is 11.3. The van der Waals surface area contributed by atoms with E-state index in [1.807, 2.05) is 0 Å². The molecule has 4 rings (SSSR count). The summed E-state index contributed by atoms with van der Waals surface area (Å²) in [6.07, 6.45) is 3.86. The van der Waals surface area contributed by atoms with E-state index in [4.69, 9.17) is 0 Å². The number of rotatable bonds is 1. The van der Waals surface area contributed by atoms with Crippen LogP contribution in [0.4, 0.5) is 0 Å². The van der Waals surface area contributed by atoms with Crippen LogP contribution in [0.1, 0.15) is 0 Å². The quantitative estimate of drug-likeness (QED) is 0.374. The lowest BCUT2D eigenvalue weighted by molar-refractivity contribution is 0.601. The topological polar surface area (TPSA) is 147 Å². The van der Waals surface area contributed by atoms with E-state index in [1.54, 1.807) is 0 Å². The second-order valence-electron chi connectivity index (χ2n) is 4.20. The maximum absolute atomic E-state index is 11.6. The highest BCUT2D eigenvalue weighted by Gasteiger charge is 2.13. The van der Waals surface area contributed by atoms with Crippen LogP contribution < -0.4 is 16.8 Å². The van der Waals surface area contributed by atoms with Gasteiger partial charge < -0.3 is 4.98 Å². The molecule has 4 aromatic heterocycles. The molecule has 0 atom stereocenters. The van der Waals surface area contributed by atoms with Gasteiger partial charge in [-0.3, -0.25) is 19.6 Å². The molecule has 0 aliphatic heterocycles. The van der Waals surface area contributed by atoms with Crippen LogP contribution in [-0.2, 0) is 0 Å². The van der Waals surface area contributed by atoms with Crippen molar-refractivity contribution in [1.29, 1.82) is 0 Å². The van der Waals surface area contributed by atoms with E-state index in [2.05, 4.69) is 30.0 Å². The number of imidazole rings is 1. The fourth-order valence-electron chi connectivity index (χ4n) is 2.07. The monoisotopic (exact) mass is 286 g/mol. The van der Waals surface area contributed by atoms with Gasteiger partial charge in [0.15, 0.2) is 16.8 Å². The minimum atomic E-state index is -0.670. The Morgan fingerprint density at radius 2 is 1.90 bits per heavy atom. The molecular weight excluding hydrogens is 280 g/mol. The predicted octanol–water partition coefficient (Wildman–Crippen LogP) is -1.84. The first-order valence-corrected chi connectivity index (χ1v) is 5.77. The Morgan fingerprint density at radius 3 is 2.76 bits per heavy atom. The minimum absolute atomic E-state index is 0.0445. The number of aromatic nitrogens is 8. The summed E-state index contributed by atoms with van der Waals surface area (Å²) in [5, 5.41) is 4.30. The summed E-state index contributed by atoms with van der Waals surface area (Å²) in [5.74, 6) is 0. The zero-order chi connectivity index (χ0) is 14.6. The van der Waals surface area contributed by atoms with Gasteiger partial charge in [0.25, 0.3) is 11.1 Å². The molecule has 21 heavy (non-hydrogen) atoms. The van der Waals surface area contributed by atoms with Gasteiger partial charge in [0.05, 0.1) is 12.5 Å². The van der Waals surface area contributed by atoms with Gasteiger partial charge in [-0.2, -0.15) is 5.10 Å². The smallest absolute Gasteiger partial charge is 0.312 e. The SMILES string of the molecule is O=c1[nH]c(=O)c2ncn(-n3ncc4c(=O)[nH]cnc43)c2[nH]1. The molecular formula is C10H6N8O3. The van der Waals surface area contributed by atoms with Gasteiger partial charge in [0.2, 0.25) is 0 Å². The molecule has 0 bridgehead atoms. The molecule has 0 saturated carbocycles. The van der Waals surface area contributed by atoms with E-state index in [1.165, 1.54) is 28.3 Å². The van der Waals surface area contributed by atoms with Crippen molar-refractivity contribution in [2.45, 2.75) is 0 Å². The molecule has 0 aromatic carbocycles. The van der Waals surface area contributed by atoms with Crippen molar-refractivity contribution in [1.82, 2.24) is 39.5 Å². The van der Waals surface area contributed by atoms with Crippen molar-refractivity contribution < 1.29 is 0 Å². The van der Waals surface area contributed by atoms with E-state index in [9.17, 15) is 14.4 Å². The van der Waals surface area contributed by atoms with Gasteiger partial charge in [-0.1, -0.05) is 0 Å². The highest BCUT2D eigenvalue weighted by Crippen LogP contribution is 2.09. The summed E-state index contributed by atoms with van der Waals surface area (Å²) in [5.41, 5.74) is -1.17. The van der Waals surface area contributed by atoms with Gasteiger partial charge in [0, 0.05) is 0 Å². The zero-order valence-electron chi connectivity index (χ0n) is 10.2. The molecule has 0 unspecified atom stereocenters. The molecule has 104 valence electrons. The van der Waals surface area contributed by atoms with Crippen molar-refractivity contribution in [2.75, 3.05) is 0 Å². The number of hydrogen-bond acceptors (Lipinski definition) is 6. The van der Waals surface area contributed by atoms with Crippen molar-refractivity contribution >= 4 is 22.2 Å². The number of nitrogens with zero attached hydrogens (tertiary/aromatic N) is 5. The molecule has 0 radical (unpaired) electrons. The van der Waals surface area contributed by atoms with Crippen LogP contribution in [0.5, 0.6) is 0 Å². The number of hydrogen-bond donors (Lipinski definition) is 3. The van der Waals surface area contributed by atoms with Crippen LogP contribution in [0.15, 0.2) is 33.2 Å². The molecule has 11 heteroatoms. The molecule has 3 N–H and O–H groups in total. The third-order valence-electron chi connectivity index (χ3n) is 2.98. The Balaban J connectivity index is 2.15. The lowest BCUT2D eigenvalue weighted by atomic mass is 10.4. The van der Waals surface area contributed by atoms with E-state index < -0.39 is 11.2 Å². The molecule has 0 fully saturated rings. The summed E-state index contributed by atoms with van der Waals surface area (Å²) >= 11 is 0. The molecule has 0 spiro atoms. The second-order valence-corrected chi connectivity index (χ2v) is 4.20. The van der Waals surface area contributed by atoms with Gasteiger partial charge in [-0.15, -0.1) is 4.79 Å². The molecule has 0 aliphatic rings. The second kappa shape index (κ2) is 3.75. The fraction of sp³-hybridized carbons (Fsp3) is 0. The van der Waals surface area contributed by atoms with Crippen LogP contribution in [0, 0.1) is 0 Å². The first-order chi connectivity index (χ1) is 10.1. The predicted molar refractivity (Wildman–Crippen MR) is 69.9 cm³/mol. The van der Waals surface area contributed by atoms with Crippen molar-refractivity contribution in [3.8, 4) is 0 Å². The Hall–Kier alpha value is -3.50. The van der Waals surface area contributed by atoms with Crippen molar-refractivity contribution in [2.24, 2.45) is 0 Å². The number of aromatic amines is 3. The van der Waals surface area contributed by atoms with Gasteiger partial charge in [0.1, 0.15) is 11.7 Å². The average molecular weight is 286 g/mol. The standard InChI is InChI=1S/C10H6N8O3/c19-8-4-1-14-18(6(4)11-2-12-8)17-3-13-5-7(17)15-10(21)16-9(5)20/h1-3H,(H,11,12,19)(H2,15,16,20,21). The van der Waals surface area contributed by atoms with Crippen LogP contribution in [0.3, 0.4) is 0 Å². The molecule has 11 nitrogen and oxygen atoms in total. The van der Waals surface area contributed by atoms with Crippen LogP contribution in [0.25, 0.3) is 22.2 Å². The first-order valence-electron chi connectivity index (χ1n) is 5.77. The fourth-order valence-corrected chi connectivity index (χ4v) is 2.07. The summed E-state index contributed by atoms with van der Waals surface area (Å²) in [7, 11) is 0. The lowest BCUT2D eigenvalue weighted by Gasteiger charge is -2.03. The summed E-state index contributed by atoms with van der Waals surface area (Å²) in [4.78, 5) is 50.9. The van der Waals surface area contributed by atoms with Crippen molar-refractivity contribution in [3.05, 3.63) is 50.0 Å². The third kappa shape index (κ3) is 1.47. The van der Waals surface area contributed by atoms with Crippen LogP contribution in [-0.4, -0.2) is 39.5 Å².